The number of ketones is 3. The maximum absolute atomic E-state index is 12.3. The predicted octanol–water partition coefficient (Wildman–Crippen LogP) is 3.35. The van der Waals surface area contributed by atoms with E-state index in [0.717, 1.165) is 12.8 Å². The topological polar surface area (TPSA) is 51.2 Å². The molecule has 0 radical (unpaired) electrons. The van der Waals surface area contributed by atoms with E-state index in [1.807, 2.05) is 27.7 Å². The SMILES string of the molecule is CCCC(=O)C(CC)C(=O)C(CC)C(=O)CCC. The second kappa shape index (κ2) is 9.01. The van der Waals surface area contributed by atoms with Crippen molar-refractivity contribution < 1.29 is 14.4 Å². The maximum atomic E-state index is 12.3. The second-order valence-corrected chi connectivity index (χ2v) is 4.76. The minimum atomic E-state index is -0.573. The van der Waals surface area contributed by atoms with Crippen LogP contribution in [0, 0.1) is 11.8 Å². The van der Waals surface area contributed by atoms with Crippen molar-refractivity contribution in [3.05, 3.63) is 0 Å². The lowest BCUT2D eigenvalue weighted by Crippen LogP contribution is -2.33. The molecule has 0 aliphatic rings. The zero-order valence-corrected chi connectivity index (χ0v) is 12.1. The van der Waals surface area contributed by atoms with Crippen LogP contribution in [0.25, 0.3) is 0 Å². The molecular formula is C15H26O3. The highest BCUT2D eigenvalue weighted by Crippen LogP contribution is 2.20. The molecule has 0 N–H and O–H groups in total. The van der Waals surface area contributed by atoms with Crippen LogP contribution in [0.4, 0.5) is 0 Å². The summed E-state index contributed by atoms with van der Waals surface area (Å²) in [6.45, 7) is 7.53. The number of hydrogen-bond donors (Lipinski definition) is 0. The third kappa shape index (κ3) is 4.71. The Morgan fingerprint density at radius 1 is 0.722 bits per heavy atom. The Morgan fingerprint density at radius 3 is 1.28 bits per heavy atom. The summed E-state index contributed by atoms with van der Waals surface area (Å²) < 4.78 is 0. The van der Waals surface area contributed by atoms with E-state index < -0.39 is 11.8 Å². The molecule has 0 aromatic carbocycles. The lowest BCUT2D eigenvalue weighted by molar-refractivity contribution is -0.139. The van der Waals surface area contributed by atoms with Crippen molar-refractivity contribution in [2.24, 2.45) is 11.8 Å². The molecule has 0 aromatic rings. The van der Waals surface area contributed by atoms with Crippen LogP contribution in [0.1, 0.15) is 66.2 Å². The van der Waals surface area contributed by atoms with E-state index in [0.29, 0.717) is 25.7 Å². The standard InChI is InChI=1S/C15H26O3/c1-5-9-13(16)11(7-3)15(18)12(8-4)14(17)10-6-2/h11-12H,5-10H2,1-4H3. The second-order valence-electron chi connectivity index (χ2n) is 4.76. The molecule has 0 bridgehead atoms. The van der Waals surface area contributed by atoms with Crippen molar-refractivity contribution in [1.82, 2.24) is 0 Å². The summed E-state index contributed by atoms with van der Waals surface area (Å²) in [7, 11) is 0. The minimum absolute atomic E-state index is 0.00671. The van der Waals surface area contributed by atoms with Crippen molar-refractivity contribution in [1.29, 1.82) is 0 Å². The number of Topliss-reactive ketones (excluding diaryl/α,β-unsaturated/α-hetero) is 3. The molecule has 2 unspecified atom stereocenters. The van der Waals surface area contributed by atoms with Gasteiger partial charge in [-0.3, -0.25) is 14.4 Å². The van der Waals surface area contributed by atoms with Crippen LogP contribution < -0.4 is 0 Å². The molecule has 3 heteroatoms. The number of carbonyl (C=O) groups is 3. The van der Waals surface area contributed by atoms with Crippen molar-refractivity contribution >= 4 is 17.3 Å². The van der Waals surface area contributed by atoms with E-state index >= 15 is 0 Å². The van der Waals surface area contributed by atoms with Gasteiger partial charge in [-0.2, -0.15) is 0 Å². The molecule has 0 aliphatic heterocycles. The van der Waals surface area contributed by atoms with Crippen LogP contribution in [0.5, 0.6) is 0 Å². The summed E-state index contributed by atoms with van der Waals surface area (Å²) in [5.41, 5.74) is 0. The van der Waals surface area contributed by atoms with Gasteiger partial charge in [0.25, 0.3) is 0 Å². The maximum Gasteiger partial charge on any atom is 0.153 e. The summed E-state index contributed by atoms with van der Waals surface area (Å²) in [4.78, 5) is 36.1. The van der Waals surface area contributed by atoms with Crippen LogP contribution in [0.15, 0.2) is 0 Å². The van der Waals surface area contributed by atoms with Crippen molar-refractivity contribution in [2.45, 2.75) is 66.2 Å². The quantitative estimate of drug-likeness (QED) is 0.562. The molecule has 0 fully saturated rings. The van der Waals surface area contributed by atoms with Gasteiger partial charge in [0.05, 0.1) is 11.8 Å². The van der Waals surface area contributed by atoms with Gasteiger partial charge in [-0.05, 0) is 25.7 Å². The fraction of sp³-hybridized carbons (Fsp3) is 0.800. The van der Waals surface area contributed by atoms with E-state index in [9.17, 15) is 14.4 Å². The average molecular weight is 254 g/mol. The Labute approximate surface area is 110 Å². The zero-order valence-electron chi connectivity index (χ0n) is 12.1. The van der Waals surface area contributed by atoms with Gasteiger partial charge in [-0.25, -0.2) is 0 Å². The number of hydrogen-bond acceptors (Lipinski definition) is 3. The molecule has 0 aliphatic carbocycles. The summed E-state index contributed by atoms with van der Waals surface area (Å²) >= 11 is 0. The summed E-state index contributed by atoms with van der Waals surface area (Å²) in [6, 6.07) is 0. The molecule has 18 heavy (non-hydrogen) atoms. The molecule has 2 atom stereocenters. The fourth-order valence-corrected chi connectivity index (χ4v) is 2.26. The monoisotopic (exact) mass is 254 g/mol. The van der Waals surface area contributed by atoms with Crippen LogP contribution in [-0.2, 0) is 14.4 Å². The lowest BCUT2D eigenvalue weighted by atomic mass is 9.82. The van der Waals surface area contributed by atoms with E-state index in [1.54, 1.807) is 0 Å². The normalized spacial score (nSPS) is 14.0. The zero-order chi connectivity index (χ0) is 14.1. The predicted molar refractivity (Wildman–Crippen MR) is 72.4 cm³/mol. The van der Waals surface area contributed by atoms with Gasteiger partial charge in [-0.15, -0.1) is 0 Å². The molecule has 0 rings (SSSR count). The first kappa shape index (κ1) is 17.0. The number of rotatable bonds is 10. The summed E-state index contributed by atoms with van der Waals surface area (Å²) in [5.74, 6) is -1.32. The molecular weight excluding hydrogens is 228 g/mol. The van der Waals surface area contributed by atoms with Crippen LogP contribution in [0.2, 0.25) is 0 Å². The third-order valence-corrected chi connectivity index (χ3v) is 3.27. The third-order valence-electron chi connectivity index (χ3n) is 3.27. The van der Waals surface area contributed by atoms with E-state index in [1.165, 1.54) is 0 Å². The summed E-state index contributed by atoms with van der Waals surface area (Å²) in [6.07, 6.45) is 3.39. The molecule has 104 valence electrons. The first-order chi connectivity index (χ1) is 8.53. The highest BCUT2D eigenvalue weighted by Gasteiger charge is 2.32. The van der Waals surface area contributed by atoms with Crippen molar-refractivity contribution in [3.8, 4) is 0 Å². The minimum Gasteiger partial charge on any atom is -0.299 e. The molecule has 0 amide bonds. The first-order valence-electron chi connectivity index (χ1n) is 7.12. The van der Waals surface area contributed by atoms with Gasteiger partial charge < -0.3 is 0 Å². The molecule has 0 heterocycles. The van der Waals surface area contributed by atoms with Gasteiger partial charge in [0, 0.05) is 12.8 Å². The van der Waals surface area contributed by atoms with Crippen LogP contribution in [-0.4, -0.2) is 17.3 Å². The van der Waals surface area contributed by atoms with E-state index in [4.69, 9.17) is 0 Å². The molecule has 0 aromatic heterocycles. The summed E-state index contributed by atoms with van der Waals surface area (Å²) in [5, 5.41) is 0. The van der Waals surface area contributed by atoms with Crippen LogP contribution in [0.3, 0.4) is 0 Å². The average Bonchev–Trinajstić information content (AvgIpc) is 2.31. The smallest absolute Gasteiger partial charge is 0.153 e. The Balaban J connectivity index is 4.83. The molecule has 0 spiro atoms. The lowest BCUT2D eigenvalue weighted by Gasteiger charge is -2.18. The van der Waals surface area contributed by atoms with Gasteiger partial charge in [-0.1, -0.05) is 27.7 Å². The van der Waals surface area contributed by atoms with Crippen molar-refractivity contribution in [3.63, 3.8) is 0 Å². The molecule has 3 nitrogen and oxygen atoms in total. The van der Waals surface area contributed by atoms with Gasteiger partial charge >= 0.3 is 0 Å². The highest BCUT2D eigenvalue weighted by atomic mass is 16.2. The van der Waals surface area contributed by atoms with E-state index in [-0.39, 0.29) is 17.3 Å². The Kier molecular flexibility index (Phi) is 8.51. The van der Waals surface area contributed by atoms with Gasteiger partial charge in [0.2, 0.25) is 0 Å². The molecule has 0 saturated carbocycles. The number of carbonyl (C=O) groups excluding carboxylic acids is 3. The van der Waals surface area contributed by atoms with Crippen molar-refractivity contribution in [2.75, 3.05) is 0 Å². The first-order valence-corrected chi connectivity index (χ1v) is 7.12. The Morgan fingerprint density at radius 2 is 1.06 bits per heavy atom. The van der Waals surface area contributed by atoms with E-state index in [2.05, 4.69) is 0 Å². The fourth-order valence-electron chi connectivity index (χ4n) is 2.26. The highest BCUT2D eigenvalue weighted by molar-refractivity contribution is 6.11. The van der Waals surface area contributed by atoms with Gasteiger partial charge in [0.15, 0.2) is 5.78 Å². The van der Waals surface area contributed by atoms with Crippen LogP contribution >= 0.6 is 0 Å². The Hall–Kier alpha value is -0.990. The largest absolute Gasteiger partial charge is 0.299 e. The van der Waals surface area contributed by atoms with Gasteiger partial charge in [0.1, 0.15) is 11.6 Å². The molecule has 0 saturated heterocycles. The Bertz CT molecular complexity index is 266.